The van der Waals surface area contributed by atoms with Gasteiger partial charge in [0.1, 0.15) is 0 Å². The van der Waals surface area contributed by atoms with Gasteiger partial charge in [-0.25, -0.2) is 9.78 Å². The molecule has 0 unspecified atom stereocenters. The van der Waals surface area contributed by atoms with Crippen molar-refractivity contribution in [3.63, 3.8) is 0 Å². The molecule has 2 saturated heterocycles. The number of urea groups is 1. The molecule has 0 aromatic carbocycles. The average Bonchev–Trinajstić information content (AvgIpc) is 2.69. The third kappa shape index (κ3) is 4.45. The van der Waals surface area contributed by atoms with Crippen molar-refractivity contribution in [3.05, 3.63) is 23.9 Å². The van der Waals surface area contributed by atoms with E-state index in [9.17, 15) is 4.79 Å². The van der Waals surface area contributed by atoms with Crippen molar-refractivity contribution in [2.24, 2.45) is 0 Å². The third-order valence-corrected chi connectivity index (χ3v) is 5.62. The number of morpholine rings is 1. The summed E-state index contributed by atoms with van der Waals surface area (Å²) in [6.45, 7) is 8.13. The number of methoxy groups -OCH3 is 1. The predicted molar refractivity (Wildman–Crippen MR) is 99.5 cm³/mol. The number of pyridine rings is 1. The minimum Gasteiger partial charge on any atom is -0.481 e. The first-order valence-electron chi connectivity index (χ1n) is 9.46. The first kappa shape index (κ1) is 18.9. The average molecular weight is 362 g/mol. The summed E-state index contributed by atoms with van der Waals surface area (Å²) in [7, 11) is 1.61. The Bertz CT molecular complexity index is 596. The van der Waals surface area contributed by atoms with E-state index in [0.717, 1.165) is 57.8 Å². The number of nitrogens with one attached hydrogen (secondary N) is 1. The maximum atomic E-state index is 12.5. The highest BCUT2D eigenvalue weighted by Crippen LogP contribution is 2.29. The van der Waals surface area contributed by atoms with Crippen LogP contribution < -0.4 is 10.1 Å². The van der Waals surface area contributed by atoms with E-state index in [1.807, 2.05) is 17.0 Å². The zero-order valence-electron chi connectivity index (χ0n) is 15.9. The highest BCUT2D eigenvalue weighted by atomic mass is 16.5. The molecule has 0 atom stereocenters. The highest BCUT2D eigenvalue weighted by Gasteiger charge is 2.37. The zero-order valence-corrected chi connectivity index (χ0v) is 15.9. The van der Waals surface area contributed by atoms with E-state index in [-0.39, 0.29) is 11.6 Å². The number of aromatic nitrogens is 1. The van der Waals surface area contributed by atoms with Crippen LogP contribution in [0.25, 0.3) is 0 Å². The van der Waals surface area contributed by atoms with E-state index in [1.54, 1.807) is 13.3 Å². The fourth-order valence-corrected chi connectivity index (χ4v) is 3.83. The Labute approximate surface area is 155 Å². The summed E-state index contributed by atoms with van der Waals surface area (Å²) in [6, 6.07) is 3.89. The molecular formula is C19H30N4O3. The fraction of sp³-hybridized carbons (Fsp3) is 0.684. The fourth-order valence-electron chi connectivity index (χ4n) is 3.83. The lowest BCUT2D eigenvalue weighted by Gasteiger charge is -2.48. The number of piperidine rings is 1. The Hall–Kier alpha value is -1.86. The smallest absolute Gasteiger partial charge is 0.317 e. The number of hydrogen-bond acceptors (Lipinski definition) is 5. The summed E-state index contributed by atoms with van der Waals surface area (Å²) < 4.78 is 10.7. The van der Waals surface area contributed by atoms with Gasteiger partial charge in [0.2, 0.25) is 5.88 Å². The molecule has 26 heavy (non-hydrogen) atoms. The van der Waals surface area contributed by atoms with E-state index in [0.29, 0.717) is 18.8 Å². The van der Waals surface area contributed by atoms with Crippen LogP contribution in [0.5, 0.6) is 5.88 Å². The molecule has 2 aliphatic rings. The molecule has 0 radical (unpaired) electrons. The van der Waals surface area contributed by atoms with Gasteiger partial charge in [-0.2, -0.15) is 0 Å². The molecule has 1 aromatic rings. The lowest BCUT2D eigenvalue weighted by atomic mass is 9.87. The standard InChI is InChI=1S/C19H30N4O3/c1-19(23-12-14-26-15-13-23)6-10-22(11-7-19)18(24)21-9-5-16-4-3-8-20-17(16)25-2/h3-4,8H,5-7,9-15H2,1-2H3,(H,21,24). The number of ether oxygens (including phenoxy) is 2. The van der Waals surface area contributed by atoms with E-state index in [2.05, 4.69) is 22.1 Å². The van der Waals surface area contributed by atoms with Crippen LogP contribution in [0.1, 0.15) is 25.3 Å². The Balaban J connectivity index is 1.43. The van der Waals surface area contributed by atoms with Crippen LogP contribution in [0.4, 0.5) is 4.79 Å². The number of likely N-dealkylation sites (tertiary alicyclic amines) is 1. The van der Waals surface area contributed by atoms with Crippen molar-refractivity contribution in [3.8, 4) is 5.88 Å². The van der Waals surface area contributed by atoms with Crippen molar-refractivity contribution in [2.75, 3.05) is 53.0 Å². The zero-order chi connectivity index (χ0) is 18.4. The monoisotopic (exact) mass is 362 g/mol. The predicted octanol–water partition coefficient (Wildman–Crippen LogP) is 1.53. The quantitative estimate of drug-likeness (QED) is 0.860. The Kier molecular flexibility index (Phi) is 6.32. The number of hydrogen-bond donors (Lipinski definition) is 1. The highest BCUT2D eigenvalue weighted by molar-refractivity contribution is 5.74. The maximum Gasteiger partial charge on any atom is 0.317 e. The molecule has 7 heteroatoms. The van der Waals surface area contributed by atoms with Crippen LogP contribution in [0.2, 0.25) is 0 Å². The first-order chi connectivity index (χ1) is 12.6. The van der Waals surface area contributed by atoms with Gasteiger partial charge >= 0.3 is 6.03 Å². The normalized spacial score (nSPS) is 20.6. The minimum absolute atomic E-state index is 0.0249. The molecule has 0 spiro atoms. The van der Waals surface area contributed by atoms with Gasteiger partial charge in [0.05, 0.1) is 20.3 Å². The number of rotatable bonds is 5. The van der Waals surface area contributed by atoms with Crippen LogP contribution in [0.15, 0.2) is 18.3 Å². The van der Waals surface area contributed by atoms with Crippen LogP contribution in [-0.4, -0.2) is 79.4 Å². The molecule has 0 aliphatic carbocycles. The number of nitrogens with zero attached hydrogens (tertiary/aromatic N) is 3. The summed E-state index contributed by atoms with van der Waals surface area (Å²) in [5.41, 5.74) is 1.19. The van der Waals surface area contributed by atoms with Crippen molar-refractivity contribution in [1.82, 2.24) is 20.1 Å². The van der Waals surface area contributed by atoms with Crippen molar-refractivity contribution in [1.29, 1.82) is 0 Å². The molecule has 0 saturated carbocycles. The summed E-state index contributed by atoms with van der Waals surface area (Å²) >= 11 is 0. The van der Waals surface area contributed by atoms with E-state index >= 15 is 0 Å². The lowest BCUT2D eigenvalue weighted by Crippen LogP contribution is -2.58. The summed E-state index contributed by atoms with van der Waals surface area (Å²) in [5, 5.41) is 3.03. The Morgan fingerprint density at radius 2 is 2.04 bits per heavy atom. The topological polar surface area (TPSA) is 66.9 Å². The second kappa shape index (κ2) is 8.68. The van der Waals surface area contributed by atoms with Gasteiger partial charge in [-0.3, -0.25) is 4.90 Å². The van der Waals surface area contributed by atoms with Gasteiger partial charge in [0.25, 0.3) is 0 Å². The molecule has 2 aliphatic heterocycles. The largest absolute Gasteiger partial charge is 0.481 e. The summed E-state index contributed by atoms with van der Waals surface area (Å²) in [6.07, 6.45) is 4.44. The molecule has 1 N–H and O–H groups in total. The number of amides is 2. The van der Waals surface area contributed by atoms with Gasteiger partial charge in [-0.05, 0) is 32.3 Å². The van der Waals surface area contributed by atoms with Crippen LogP contribution in [0.3, 0.4) is 0 Å². The van der Waals surface area contributed by atoms with Crippen LogP contribution >= 0.6 is 0 Å². The van der Waals surface area contributed by atoms with Gasteiger partial charge < -0.3 is 19.7 Å². The Morgan fingerprint density at radius 3 is 2.73 bits per heavy atom. The van der Waals surface area contributed by atoms with Gasteiger partial charge in [0.15, 0.2) is 0 Å². The lowest BCUT2D eigenvalue weighted by molar-refractivity contribution is -0.0356. The molecule has 7 nitrogen and oxygen atoms in total. The van der Waals surface area contributed by atoms with Gasteiger partial charge in [-0.15, -0.1) is 0 Å². The summed E-state index contributed by atoms with van der Waals surface area (Å²) in [4.78, 5) is 21.1. The molecule has 3 heterocycles. The first-order valence-corrected chi connectivity index (χ1v) is 9.46. The van der Waals surface area contributed by atoms with E-state index < -0.39 is 0 Å². The molecule has 2 fully saturated rings. The number of carbonyl (C=O) groups excluding carboxylic acids is 1. The minimum atomic E-state index is 0.0249. The molecule has 2 amide bonds. The van der Waals surface area contributed by atoms with Crippen molar-refractivity contribution in [2.45, 2.75) is 31.7 Å². The molecule has 3 rings (SSSR count). The Morgan fingerprint density at radius 1 is 1.31 bits per heavy atom. The van der Waals surface area contributed by atoms with Gasteiger partial charge in [-0.1, -0.05) is 6.07 Å². The van der Waals surface area contributed by atoms with Crippen molar-refractivity contribution >= 4 is 6.03 Å². The van der Waals surface area contributed by atoms with Crippen LogP contribution in [0, 0.1) is 0 Å². The number of carbonyl (C=O) groups is 1. The van der Waals surface area contributed by atoms with E-state index in [1.165, 1.54) is 0 Å². The van der Waals surface area contributed by atoms with Crippen molar-refractivity contribution < 1.29 is 14.3 Å². The molecule has 144 valence electrons. The second-order valence-corrected chi connectivity index (χ2v) is 7.24. The summed E-state index contributed by atoms with van der Waals surface area (Å²) in [5.74, 6) is 0.626. The molecule has 1 aromatic heterocycles. The molecule has 0 bridgehead atoms. The maximum absolute atomic E-state index is 12.5. The second-order valence-electron chi connectivity index (χ2n) is 7.24. The van der Waals surface area contributed by atoms with Crippen LogP contribution in [-0.2, 0) is 11.2 Å². The van der Waals surface area contributed by atoms with Gasteiger partial charge in [0, 0.05) is 50.0 Å². The SMILES string of the molecule is COc1ncccc1CCNC(=O)N1CCC(C)(N2CCOCC2)CC1. The third-order valence-electron chi connectivity index (χ3n) is 5.62. The van der Waals surface area contributed by atoms with E-state index in [4.69, 9.17) is 9.47 Å². The molecular weight excluding hydrogens is 332 g/mol.